The lowest BCUT2D eigenvalue weighted by atomic mass is 10.0. The fourth-order valence-corrected chi connectivity index (χ4v) is 2.61. The highest BCUT2D eigenvalue weighted by Gasteiger charge is 2.33. The maximum absolute atomic E-state index is 12.3. The van der Waals surface area contributed by atoms with Gasteiger partial charge in [-0.25, -0.2) is 5.48 Å². The van der Waals surface area contributed by atoms with Gasteiger partial charge in [0.25, 0.3) is 0 Å². The van der Waals surface area contributed by atoms with Gasteiger partial charge in [0.05, 0.1) is 14.2 Å². The first kappa shape index (κ1) is 16.1. The van der Waals surface area contributed by atoms with E-state index in [1.54, 1.807) is 30.7 Å². The number of ether oxygens (including phenoxy) is 2. The second-order valence-electron chi connectivity index (χ2n) is 5.16. The molecule has 1 atom stereocenters. The van der Waals surface area contributed by atoms with Crippen molar-refractivity contribution in [3.63, 3.8) is 0 Å². The van der Waals surface area contributed by atoms with Crippen LogP contribution in [0.25, 0.3) is 0 Å². The van der Waals surface area contributed by atoms with Crippen molar-refractivity contribution in [1.82, 2.24) is 10.4 Å². The summed E-state index contributed by atoms with van der Waals surface area (Å²) < 4.78 is 10.5. The standard InChI is InChI=1S/C15H20N2O5/c1-21-12-4-3-11(13(8-12)22-2)9-17-6-5-10(15(17)19)7-14(18)16-20/h3-4,8,10,20H,5-7,9H2,1-2H3,(H,16,18). The summed E-state index contributed by atoms with van der Waals surface area (Å²) in [4.78, 5) is 25.2. The first-order valence-electron chi connectivity index (χ1n) is 7.01. The molecule has 120 valence electrons. The third-order valence-electron chi connectivity index (χ3n) is 3.82. The van der Waals surface area contributed by atoms with Gasteiger partial charge in [0, 0.05) is 37.1 Å². The van der Waals surface area contributed by atoms with Gasteiger partial charge < -0.3 is 14.4 Å². The molecule has 0 bridgehead atoms. The number of carbonyl (C=O) groups is 2. The molecule has 7 heteroatoms. The smallest absolute Gasteiger partial charge is 0.244 e. The van der Waals surface area contributed by atoms with Crippen molar-refractivity contribution < 1.29 is 24.3 Å². The molecule has 0 radical (unpaired) electrons. The van der Waals surface area contributed by atoms with E-state index in [1.807, 2.05) is 12.1 Å². The van der Waals surface area contributed by atoms with Gasteiger partial charge in [0.15, 0.2) is 0 Å². The first-order valence-corrected chi connectivity index (χ1v) is 7.01. The zero-order valence-electron chi connectivity index (χ0n) is 12.7. The second kappa shape index (κ2) is 7.13. The van der Waals surface area contributed by atoms with Crippen LogP contribution in [0.3, 0.4) is 0 Å². The molecule has 0 aromatic heterocycles. The number of rotatable bonds is 6. The molecule has 0 aliphatic carbocycles. The van der Waals surface area contributed by atoms with Crippen LogP contribution in [0.5, 0.6) is 11.5 Å². The van der Waals surface area contributed by atoms with E-state index in [-0.39, 0.29) is 18.2 Å². The molecule has 2 rings (SSSR count). The summed E-state index contributed by atoms with van der Waals surface area (Å²) in [5.41, 5.74) is 2.44. The molecule has 0 saturated carbocycles. The Kier molecular flexibility index (Phi) is 5.21. The lowest BCUT2D eigenvalue weighted by Gasteiger charge is -2.19. The average molecular weight is 308 g/mol. The number of amides is 2. The quantitative estimate of drug-likeness (QED) is 0.603. The molecule has 1 aliphatic heterocycles. The van der Waals surface area contributed by atoms with E-state index in [0.717, 1.165) is 5.56 Å². The SMILES string of the molecule is COc1ccc(CN2CCC(CC(=O)NO)C2=O)c(OC)c1. The largest absolute Gasteiger partial charge is 0.497 e. The Bertz CT molecular complexity index is 561. The maximum Gasteiger partial charge on any atom is 0.244 e. The van der Waals surface area contributed by atoms with E-state index in [1.165, 1.54) is 0 Å². The number of nitrogens with one attached hydrogen (secondary N) is 1. The van der Waals surface area contributed by atoms with Gasteiger partial charge in [-0.05, 0) is 18.6 Å². The third-order valence-corrected chi connectivity index (χ3v) is 3.82. The number of hydroxylamine groups is 1. The van der Waals surface area contributed by atoms with Crippen LogP contribution >= 0.6 is 0 Å². The number of methoxy groups -OCH3 is 2. The highest BCUT2D eigenvalue weighted by Crippen LogP contribution is 2.29. The Morgan fingerprint density at radius 1 is 1.41 bits per heavy atom. The van der Waals surface area contributed by atoms with Crippen molar-refractivity contribution in [3.8, 4) is 11.5 Å². The zero-order valence-corrected chi connectivity index (χ0v) is 12.7. The van der Waals surface area contributed by atoms with E-state index >= 15 is 0 Å². The molecular weight excluding hydrogens is 288 g/mol. The molecule has 1 heterocycles. The summed E-state index contributed by atoms with van der Waals surface area (Å²) in [5, 5.41) is 8.55. The summed E-state index contributed by atoms with van der Waals surface area (Å²) in [6.45, 7) is 1.00. The van der Waals surface area contributed by atoms with Gasteiger partial charge in [-0.2, -0.15) is 0 Å². The van der Waals surface area contributed by atoms with Crippen LogP contribution in [0, 0.1) is 5.92 Å². The number of hydrogen-bond donors (Lipinski definition) is 2. The minimum atomic E-state index is -0.540. The molecule has 1 unspecified atom stereocenters. The normalized spacial score (nSPS) is 17.5. The summed E-state index contributed by atoms with van der Waals surface area (Å²) in [5.74, 6) is 0.342. The first-order chi connectivity index (χ1) is 10.6. The highest BCUT2D eigenvalue weighted by molar-refractivity contribution is 5.86. The molecule has 0 spiro atoms. The van der Waals surface area contributed by atoms with Crippen LogP contribution in [0.4, 0.5) is 0 Å². The molecule has 7 nitrogen and oxygen atoms in total. The number of carbonyl (C=O) groups excluding carboxylic acids is 2. The predicted molar refractivity (Wildman–Crippen MR) is 77.6 cm³/mol. The van der Waals surface area contributed by atoms with E-state index in [2.05, 4.69) is 0 Å². The molecule has 2 amide bonds. The Labute approximate surface area is 128 Å². The fraction of sp³-hybridized carbons (Fsp3) is 0.467. The molecule has 22 heavy (non-hydrogen) atoms. The Balaban J connectivity index is 2.05. The van der Waals surface area contributed by atoms with Gasteiger partial charge in [-0.3, -0.25) is 14.8 Å². The minimum absolute atomic E-state index is 0.00554. The number of benzene rings is 1. The van der Waals surface area contributed by atoms with E-state index in [4.69, 9.17) is 14.7 Å². The van der Waals surface area contributed by atoms with Crippen molar-refractivity contribution in [3.05, 3.63) is 23.8 Å². The number of likely N-dealkylation sites (tertiary alicyclic amines) is 1. The minimum Gasteiger partial charge on any atom is -0.497 e. The molecular formula is C15H20N2O5. The summed E-state index contributed by atoms with van der Waals surface area (Å²) in [7, 11) is 3.15. The van der Waals surface area contributed by atoms with Crippen LogP contribution in [-0.4, -0.2) is 42.7 Å². The molecule has 2 N–H and O–H groups in total. The van der Waals surface area contributed by atoms with E-state index in [9.17, 15) is 9.59 Å². The van der Waals surface area contributed by atoms with Gasteiger partial charge in [-0.15, -0.1) is 0 Å². The van der Waals surface area contributed by atoms with Gasteiger partial charge in [-0.1, -0.05) is 0 Å². The average Bonchev–Trinajstić information content (AvgIpc) is 2.88. The third kappa shape index (κ3) is 3.48. The fourth-order valence-electron chi connectivity index (χ4n) is 2.61. The lowest BCUT2D eigenvalue weighted by molar-refractivity contribution is -0.137. The van der Waals surface area contributed by atoms with Crippen molar-refractivity contribution in [2.45, 2.75) is 19.4 Å². The van der Waals surface area contributed by atoms with Crippen molar-refractivity contribution in [2.24, 2.45) is 5.92 Å². The molecule has 1 saturated heterocycles. The van der Waals surface area contributed by atoms with Crippen LogP contribution in [0.2, 0.25) is 0 Å². The van der Waals surface area contributed by atoms with Crippen molar-refractivity contribution >= 4 is 11.8 Å². The van der Waals surface area contributed by atoms with Crippen LogP contribution < -0.4 is 15.0 Å². The van der Waals surface area contributed by atoms with Crippen LogP contribution in [0.15, 0.2) is 18.2 Å². The van der Waals surface area contributed by atoms with Crippen molar-refractivity contribution in [2.75, 3.05) is 20.8 Å². The zero-order chi connectivity index (χ0) is 16.1. The Morgan fingerprint density at radius 2 is 2.18 bits per heavy atom. The molecule has 1 fully saturated rings. The molecule has 1 aromatic carbocycles. The predicted octanol–water partition coefficient (Wildman–Crippen LogP) is 0.948. The van der Waals surface area contributed by atoms with E-state index < -0.39 is 5.91 Å². The highest BCUT2D eigenvalue weighted by atomic mass is 16.5. The molecule has 1 aliphatic rings. The Morgan fingerprint density at radius 3 is 2.82 bits per heavy atom. The van der Waals surface area contributed by atoms with Crippen LogP contribution in [0.1, 0.15) is 18.4 Å². The number of nitrogens with zero attached hydrogens (tertiary/aromatic N) is 1. The van der Waals surface area contributed by atoms with Crippen LogP contribution in [-0.2, 0) is 16.1 Å². The summed E-state index contributed by atoms with van der Waals surface area (Å²) in [6.07, 6.45) is 0.607. The van der Waals surface area contributed by atoms with Gasteiger partial charge >= 0.3 is 0 Å². The van der Waals surface area contributed by atoms with Gasteiger partial charge in [0.2, 0.25) is 11.8 Å². The summed E-state index contributed by atoms with van der Waals surface area (Å²) in [6, 6.07) is 5.44. The topological polar surface area (TPSA) is 88.1 Å². The van der Waals surface area contributed by atoms with E-state index in [0.29, 0.717) is 31.0 Å². The lowest BCUT2D eigenvalue weighted by Crippen LogP contribution is -2.30. The Hall–Kier alpha value is -2.28. The number of hydrogen-bond acceptors (Lipinski definition) is 5. The second-order valence-corrected chi connectivity index (χ2v) is 5.16. The van der Waals surface area contributed by atoms with Crippen molar-refractivity contribution in [1.29, 1.82) is 0 Å². The van der Waals surface area contributed by atoms with Gasteiger partial charge in [0.1, 0.15) is 11.5 Å². The molecule has 1 aromatic rings. The monoisotopic (exact) mass is 308 g/mol. The maximum atomic E-state index is 12.3. The summed E-state index contributed by atoms with van der Waals surface area (Å²) >= 11 is 0.